The van der Waals surface area contributed by atoms with Gasteiger partial charge in [-0.05, 0) is 30.7 Å². The summed E-state index contributed by atoms with van der Waals surface area (Å²) >= 11 is 0. The fraction of sp³-hybridized carbons (Fsp3) is 0.250. The van der Waals surface area contributed by atoms with Crippen LogP contribution in [0.4, 0.5) is 30.5 Å². The molecule has 1 aromatic carbocycles. The maximum Gasteiger partial charge on any atom is 0.417 e. The highest BCUT2D eigenvalue weighted by molar-refractivity contribution is 5.62. The summed E-state index contributed by atoms with van der Waals surface area (Å²) in [6.45, 7) is 1.05. The normalized spacial score (nSPS) is 13.7. The van der Waals surface area contributed by atoms with Crippen LogP contribution in [0, 0.1) is 0 Å². The third kappa shape index (κ3) is 4.08. The molecule has 0 bridgehead atoms. The van der Waals surface area contributed by atoms with Gasteiger partial charge in [0.15, 0.2) is 0 Å². The van der Waals surface area contributed by atoms with E-state index in [1.54, 1.807) is 7.11 Å². The van der Waals surface area contributed by atoms with Gasteiger partial charge in [-0.2, -0.15) is 13.2 Å². The van der Waals surface area contributed by atoms with Gasteiger partial charge in [-0.3, -0.25) is 0 Å². The zero-order valence-electron chi connectivity index (χ0n) is 15.6. The fourth-order valence-electron chi connectivity index (χ4n) is 3.24. The van der Waals surface area contributed by atoms with Crippen molar-refractivity contribution in [3.8, 4) is 5.75 Å². The summed E-state index contributed by atoms with van der Waals surface area (Å²) in [6.07, 6.45) is -1.41. The van der Waals surface area contributed by atoms with Gasteiger partial charge in [0.05, 0.1) is 24.9 Å². The molecule has 4 rings (SSSR count). The fourth-order valence-corrected chi connectivity index (χ4v) is 3.24. The number of hydrogen-bond donors (Lipinski definition) is 1. The average Bonchev–Trinajstić information content (AvgIpc) is 2.73. The topological polar surface area (TPSA) is 63.2 Å². The zero-order valence-corrected chi connectivity index (χ0v) is 15.6. The van der Waals surface area contributed by atoms with E-state index in [1.807, 2.05) is 29.2 Å². The van der Waals surface area contributed by atoms with E-state index in [9.17, 15) is 13.2 Å². The summed E-state index contributed by atoms with van der Waals surface area (Å²) in [5, 5.41) is 3.30. The highest BCUT2D eigenvalue weighted by Crippen LogP contribution is 2.31. The smallest absolute Gasteiger partial charge is 0.417 e. The van der Waals surface area contributed by atoms with Crippen LogP contribution < -0.4 is 15.0 Å². The van der Waals surface area contributed by atoms with E-state index in [0.29, 0.717) is 31.1 Å². The first-order valence-electron chi connectivity index (χ1n) is 8.96. The number of fused-ring (bicyclic) bond motifs is 1. The van der Waals surface area contributed by atoms with Crippen molar-refractivity contribution >= 4 is 17.3 Å². The van der Waals surface area contributed by atoms with E-state index >= 15 is 0 Å². The first-order valence-corrected chi connectivity index (χ1v) is 8.96. The molecule has 0 unspecified atom stereocenters. The average molecular weight is 401 g/mol. The van der Waals surface area contributed by atoms with E-state index in [1.165, 1.54) is 12.4 Å². The van der Waals surface area contributed by atoms with Crippen molar-refractivity contribution in [1.29, 1.82) is 0 Å². The molecule has 1 aliphatic heterocycles. The number of methoxy groups -OCH3 is 1. The Labute approximate surface area is 165 Å². The van der Waals surface area contributed by atoms with Crippen molar-refractivity contribution in [3.05, 3.63) is 65.7 Å². The Bertz CT molecular complexity index is 1010. The molecule has 0 spiro atoms. The summed E-state index contributed by atoms with van der Waals surface area (Å²) in [5.74, 6) is 1.94. The van der Waals surface area contributed by atoms with Gasteiger partial charge in [0.2, 0.25) is 0 Å². The molecule has 150 valence electrons. The molecular formula is C20H18F3N5O. The number of anilines is 3. The second-order valence-electron chi connectivity index (χ2n) is 6.58. The molecule has 0 atom stereocenters. The number of rotatable bonds is 4. The minimum Gasteiger partial charge on any atom is -0.497 e. The molecule has 29 heavy (non-hydrogen) atoms. The van der Waals surface area contributed by atoms with Gasteiger partial charge in [-0.1, -0.05) is 6.07 Å². The van der Waals surface area contributed by atoms with Crippen molar-refractivity contribution in [3.63, 3.8) is 0 Å². The number of hydrogen-bond acceptors (Lipinski definition) is 6. The third-order valence-corrected chi connectivity index (χ3v) is 4.74. The van der Waals surface area contributed by atoms with Crippen molar-refractivity contribution in [2.45, 2.75) is 19.1 Å². The molecule has 0 saturated heterocycles. The lowest BCUT2D eigenvalue weighted by Gasteiger charge is -2.30. The molecule has 6 nitrogen and oxygen atoms in total. The first kappa shape index (κ1) is 19.0. The van der Waals surface area contributed by atoms with Gasteiger partial charge in [-0.15, -0.1) is 0 Å². The molecule has 1 aliphatic rings. The van der Waals surface area contributed by atoms with E-state index < -0.39 is 11.7 Å². The molecular weight excluding hydrogens is 383 g/mol. The van der Waals surface area contributed by atoms with E-state index in [4.69, 9.17) is 4.74 Å². The van der Waals surface area contributed by atoms with Crippen LogP contribution in [0.25, 0.3) is 0 Å². The lowest BCUT2D eigenvalue weighted by molar-refractivity contribution is -0.137. The van der Waals surface area contributed by atoms with Gasteiger partial charge in [-0.25, -0.2) is 15.0 Å². The Morgan fingerprint density at radius 2 is 1.97 bits per heavy atom. The largest absolute Gasteiger partial charge is 0.497 e. The Hall–Kier alpha value is -3.36. The van der Waals surface area contributed by atoms with Crippen molar-refractivity contribution in [1.82, 2.24) is 15.0 Å². The Kier molecular flexibility index (Phi) is 4.96. The number of ether oxygens (including phenoxy) is 1. The molecule has 0 amide bonds. The zero-order chi connectivity index (χ0) is 20.4. The van der Waals surface area contributed by atoms with Gasteiger partial charge in [0, 0.05) is 30.1 Å². The van der Waals surface area contributed by atoms with Crippen LogP contribution in [-0.2, 0) is 19.1 Å². The second kappa shape index (κ2) is 7.57. The molecule has 9 heteroatoms. The molecule has 0 radical (unpaired) electrons. The van der Waals surface area contributed by atoms with Crippen molar-refractivity contribution in [2.75, 3.05) is 23.9 Å². The van der Waals surface area contributed by atoms with Gasteiger partial charge in [0.25, 0.3) is 0 Å². The van der Waals surface area contributed by atoms with Crippen LogP contribution in [0.2, 0.25) is 0 Å². The van der Waals surface area contributed by atoms with Crippen molar-refractivity contribution < 1.29 is 17.9 Å². The number of alkyl halides is 3. The highest BCUT2D eigenvalue weighted by Gasteiger charge is 2.31. The molecule has 3 aromatic rings. The summed E-state index contributed by atoms with van der Waals surface area (Å²) in [7, 11) is 1.61. The van der Waals surface area contributed by atoms with Gasteiger partial charge in [0.1, 0.15) is 23.7 Å². The van der Waals surface area contributed by atoms with E-state index in [-0.39, 0.29) is 0 Å². The Morgan fingerprint density at radius 3 is 2.69 bits per heavy atom. The number of aromatic nitrogens is 3. The quantitative estimate of drug-likeness (QED) is 0.707. The number of pyridine rings is 1. The summed E-state index contributed by atoms with van der Waals surface area (Å²) in [4.78, 5) is 14.6. The second-order valence-corrected chi connectivity index (χ2v) is 6.58. The predicted molar refractivity (Wildman–Crippen MR) is 102 cm³/mol. The number of nitrogens with zero attached hydrogens (tertiary/aromatic N) is 4. The number of halogens is 3. The van der Waals surface area contributed by atoms with E-state index in [2.05, 4.69) is 20.3 Å². The van der Waals surface area contributed by atoms with Crippen LogP contribution in [0.15, 0.2) is 48.9 Å². The van der Waals surface area contributed by atoms with Gasteiger partial charge < -0.3 is 15.0 Å². The molecule has 3 heterocycles. The Morgan fingerprint density at radius 1 is 1.10 bits per heavy atom. The SMILES string of the molecule is COc1cccc(Nc2ncnc3c2CCN(c2ccc(C(F)(F)F)cn2)C3)c1. The van der Waals surface area contributed by atoms with Crippen LogP contribution >= 0.6 is 0 Å². The molecule has 0 fully saturated rings. The minimum atomic E-state index is -4.39. The standard InChI is InChI=1S/C20H18F3N5O/c1-29-15-4-2-3-14(9-15)27-19-16-7-8-28(11-17(16)25-12-26-19)18-6-5-13(10-24-18)20(21,22)23/h2-6,9-10,12H,7-8,11H2,1H3,(H,25,26,27). The maximum absolute atomic E-state index is 12.7. The molecule has 2 aromatic heterocycles. The third-order valence-electron chi connectivity index (χ3n) is 4.74. The van der Waals surface area contributed by atoms with Gasteiger partial charge >= 0.3 is 6.18 Å². The van der Waals surface area contributed by atoms with Crippen LogP contribution in [0.1, 0.15) is 16.8 Å². The highest BCUT2D eigenvalue weighted by atomic mass is 19.4. The number of nitrogens with one attached hydrogen (secondary N) is 1. The number of benzene rings is 1. The lowest BCUT2D eigenvalue weighted by atomic mass is 10.1. The lowest BCUT2D eigenvalue weighted by Crippen LogP contribution is -2.32. The summed E-state index contributed by atoms with van der Waals surface area (Å²) < 4.78 is 43.5. The van der Waals surface area contributed by atoms with E-state index in [0.717, 1.165) is 35.0 Å². The molecule has 0 saturated carbocycles. The summed E-state index contributed by atoms with van der Waals surface area (Å²) in [5.41, 5.74) is 1.89. The van der Waals surface area contributed by atoms with Crippen LogP contribution in [0.3, 0.4) is 0 Å². The Balaban J connectivity index is 1.54. The maximum atomic E-state index is 12.7. The minimum absolute atomic E-state index is 0.447. The molecule has 0 aliphatic carbocycles. The first-order chi connectivity index (χ1) is 13.9. The predicted octanol–water partition coefficient (Wildman–Crippen LogP) is 4.21. The monoisotopic (exact) mass is 401 g/mol. The summed E-state index contributed by atoms with van der Waals surface area (Å²) in [6, 6.07) is 9.97. The molecule has 1 N–H and O–H groups in total. The van der Waals surface area contributed by atoms with Crippen LogP contribution in [0.5, 0.6) is 5.75 Å². The van der Waals surface area contributed by atoms with Crippen molar-refractivity contribution in [2.24, 2.45) is 0 Å². The van der Waals surface area contributed by atoms with Crippen LogP contribution in [-0.4, -0.2) is 28.6 Å².